The van der Waals surface area contributed by atoms with E-state index in [1.54, 1.807) is 30.3 Å². The highest BCUT2D eigenvalue weighted by Crippen LogP contribution is 2.25. The fourth-order valence-corrected chi connectivity index (χ4v) is 3.29. The number of nitrogens with one attached hydrogen (secondary N) is 1. The van der Waals surface area contributed by atoms with Crippen LogP contribution in [0.15, 0.2) is 50.9 Å². The van der Waals surface area contributed by atoms with Gasteiger partial charge in [0.2, 0.25) is 0 Å². The average Bonchev–Trinajstić information content (AvgIpc) is 3.10. The Balaban J connectivity index is 1.93. The highest BCUT2D eigenvalue weighted by atomic mass is 79.9. The van der Waals surface area contributed by atoms with Crippen LogP contribution in [0, 0.1) is 0 Å². The topological polar surface area (TPSA) is 65.8 Å². The molecule has 1 fully saturated rings. The molecule has 2 heterocycles. The van der Waals surface area contributed by atoms with Gasteiger partial charge in [-0.05, 0) is 62.5 Å². The number of anilines is 2. The Hall–Kier alpha value is -2.45. The Morgan fingerprint density at radius 2 is 1.81 bits per heavy atom. The van der Waals surface area contributed by atoms with E-state index in [2.05, 4.69) is 21.2 Å². The third kappa shape index (κ3) is 3.96. The first-order valence-corrected chi connectivity index (χ1v) is 9.66. The lowest BCUT2D eigenvalue weighted by molar-refractivity contribution is -0.122. The maximum atomic E-state index is 12.9. The fraction of sp³-hybridized carbons (Fsp3) is 0.211. The van der Waals surface area contributed by atoms with Gasteiger partial charge < -0.3 is 9.32 Å². The van der Waals surface area contributed by atoms with E-state index in [0.717, 1.165) is 17.6 Å². The number of thiocarbonyl (C=S) groups is 1. The van der Waals surface area contributed by atoms with Crippen molar-refractivity contribution < 1.29 is 14.0 Å². The van der Waals surface area contributed by atoms with E-state index in [9.17, 15) is 9.59 Å². The molecule has 6 nitrogen and oxygen atoms in total. The van der Waals surface area contributed by atoms with Crippen LogP contribution >= 0.6 is 28.1 Å². The smallest absolute Gasteiger partial charge is 0.270 e. The normalized spacial score (nSPS) is 16.0. The van der Waals surface area contributed by atoms with E-state index in [1.807, 2.05) is 24.8 Å². The summed E-state index contributed by atoms with van der Waals surface area (Å²) in [6, 6.07) is 10.6. The second kappa shape index (κ2) is 8.06. The van der Waals surface area contributed by atoms with Gasteiger partial charge in [0.1, 0.15) is 11.3 Å². The lowest BCUT2D eigenvalue weighted by Crippen LogP contribution is -2.54. The number of benzene rings is 1. The van der Waals surface area contributed by atoms with Crippen molar-refractivity contribution in [1.29, 1.82) is 0 Å². The van der Waals surface area contributed by atoms with Gasteiger partial charge >= 0.3 is 0 Å². The zero-order valence-corrected chi connectivity index (χ0v) is 17.3. The van der Waals surface area contributed by atoms with Crippen molar-refractivity contribution in [3.05, 3.63) is 52.2 Å². The maximum Gasteiger partial charge on any atom is 0.270 e. The molecule has 1 aromatic heterocycles. The van der Waals surface area contributed by atoms with Gasteiger partial charge in [-0.25, -0.2) is 0 Å². The first kappa shape index (κ1) is 19.3. The number of halogens is 1. The summed E-state index contributed by atoms with van der Waals surface area (Å²) in [6.45, 7) is 5.65. The number of nitrogens with zero attached hydrogens (tertiary/aromatic N) is 2. The summed E-state index contributed by atoms with van der Waals surface area (Å²) in [5.41, 5.74) is 0.536. The second-order valence-corrected chi connectivity index (χ2v) is 7.08. The van der Waals surface area contributed by atoms with Crippen LogP contribution in [0.1, 0.15) is 19.6 Å². The molecular weight excluding hydrogens is 430 g/mol. The third-order valence-corrected chi connectivity index (χ3v) is 4.97. The minimum Gasteiger partial charge on any atom is -0.441 e. The van der Waals surface area contributed by atoms with Crippen LogP contribution in [0.3, 0.4) is 0 Å². The lowest BCUT2D eigenvalue weighted by Gasteiger charge is -2.28. The van der Waals surface area contributed by atoms with Crippen molar-refractivity contribution in [3.8, 4) is 0 Å². The van der Waals surface area contributed by atoms with Gasteiger partial charge in [-0.1, -0.05) is 15.9 Å². The van der Waals surface area contributed by atoms with Gasteiger partial charge in [0.25, 0.3) is 11.8 Å². The number of carbonyl (C=O) groups is 2. The van der Waals surface area contributed by atoms with Crippen LogP contribution in [0.5, 0.6) is 0 Å². The van der Waals surface area contributed by atoms with Crippen molar-refractivity contribution in [2.75, 3.05) is 22.9 Å². The number of rotatable bonds is 5. The summed E-state index contributed by atoms with van der Waals surface area (Å²) in [4.78, 5) is 28.6. The molecule has 27 heavy (non-hydrogen) atoms. The number of hydrogen-bond acceptors (Lipinski definition) is 5. The number of carbonyl (C=O) groups excluding carboxylic acids is 2. The highest BCUT2D eigenvalue weighted by Gasteiger charge is 2.34. The van der Waals surface area contributed by atoms with Crippen molar-refractivity contribution in [1.82, 2.24) is 5.32 Å². The third-order valence-electron chi connectivity index (χ3n) is 4.16. The van der Waals surface area contributed by atoms with Gasteiger partial charge in [0, 0.05) is 23.6 Å². The van der Waals surface area contributed by atoms with Gasteiger partial charge in [-0.2, -0.15) is 0 Å². The van der Waals surface area contributed by atoms with Crippen LogP contribution in [-0.2, 0) is 9.59 Å². The summed E-state index contributed by atoms with van der Waals surface area (Å²) in [5.74, 6) is 0.0841. The Labute approximate surface area is 170 Å². The molecular formula is C19H18BrN3O3S. The van der Waals surface area contributed by atoms with Crippen molar-refractivity contribution in [2.45, 2.75) is 13.8 Å². The van der Waals surface area contributed by atoms with E-state index in [0.29, 0.717) is 17.3 Å². The molecule has 0 bridgehead atoms. The fourth-order valence-electron chi connectivity index (χ4n) is 2.75. The molecule has 0 spiro atoms. The van der Waals surface area contributed by atoms with E-state index in [1.165, 1.54) is 11.0 Å². The summed E-state index contributed by atoms with van der Waals surface area (Å²) in [5, 5.41) is 2.61. The first-order valence-electron chi connectivity index (χ1n) is 8.46. The Morgan fingerprint density at radius 3 is 2.44 bits per heavy atom. The van der Waals surface area contributed by atoms with Crippen LogP contribution in [-0.4, -0.2) is 30.0 Å². The Kier molecular flexibility index (Phi) is 5.76. The maximum absolute atomic E-state index is 12.9. The van der Waals surface area contributed by atoms with E-state index < -0.39 is 11.8 Å². The van der Waals surface area contributed by atoms with E-state index >= 15 is 0 Å². The zero-order valence-electron chi connectivity index (χ0n) is 14.9. The van der Waals surface area contributed by atoms with Gasteiger partial charge in [0.05, 0.1) is 5.69 Å². The quantitative estimate of drug-likeness (QED) is 0.429. The molecule has 1 saturated heterocycles. The predicted molar refractivity (Wildman–Crippen MR) is 113 cm³/mol. The van der Waals surface area contributed by atoms with Crippen molar-refractivity contribution in [3.63, 3.8) is 0 Å². The molecule has 140 valence electrons. The number of furan rings is 1. The molecule has 2 amide bonds. The largest absolute Gasteiger partial charge is 0.441 e. The van der Waals surface area contributed by atoms with Gasteiger partial charge in [-0.3, -0.25) is 19.8 Å². The van der Waals surface area contributed by atoms with Crippen molar-refractivity contribution >= 4 is 62.7 Å². The highest BCUT2D eigenvalue weighted by molar-refractivity contribution is 9.10. The second-order valence-electron chi connectivity index (χ2n) is 5.78. The summed E-state index contributed by atoms with van der Waals surface area (Å²) in [6.07, 6.45) is 1.44. The van der Waals surface area contributed by atoms with Crippen LogP contribution in [0.25, 0.3) is 6.08 Å². The molecule has 0 aliphatic carbocycles. The van der Waals surface area contributed by atoms with Crippen LogP contribution < -0.4 is 15.1 Å². The van der Waals surface area contributed by atoms with E-state index in [-0.39, 0.29) is 10.7 Å². The molecule has 3 rings (SSSR count). The molecule has 1 N–H and O–H groups in total. The number of amides is 2. The summed E-state index contributed by atoms with van der Waals surface area (Å²) < 4.78 is 6.65. The van der Waals surface area contributed by atoms with Gasteiger partial charge in [-0.15, -0.1) is 0 Å². The van der Waals surface area contributed by atoms with Crippen molar-refractivity contribution in [2.24, 2.45) is 0 Å². The van der Waals surface area contributed by atoms with E-state index in [4.69, 9.17) is 16.6 Å². The van der Waals surface area contributed by atoms with Crippen LogP contribution in [0.2, 0.25) is 0 Å². The molecule has 1 aromatic carbocycles. The number of hydrogen-bond donors (Lipinski definition) is 1. The zero-order chi connectivity index (χ0) is 19.6. The molecule has 8 heteroatoms. The summed E-state index contributed by atoms with van der Waals surface area (Å²) in [7, 11) is 0. The molecule has 0 unspecified atom stereocenters. The molecule has 0 radical (unpaired) electrons. The molecule has 1 aliphatic rings. The SMILES string of the molecule is CCN(CC)c1ccc(/C=C2\C(=O)NC(=S)N(c3ccc(Br)cc3)C2=O)o1. The standard InChI is InChI=1S/C19H18BrN3O3S/c1-3-22(4-2)16-10-9-14(26-16)11-15-17(24)21-19(27)23(18(15)25)13-7-5-12(20)6-8-13/h5-11H,3-4H2,1-2H3,(H,21,24,27)/b15-11+. The minimum atomic E-state index is -0.542. The molecule has 1 aliphatic heterocycles. The monoisotopic (exact) mass is 447 g/mol. The molecule has 2 aromatic rings. The average molecular weight is 448 g/mol. The Morgan fingerprint density at radius 1 is 1.15 bits per heavy atom. The molecule has 0 atom stereocenters. The lowest BCUT2D eigenvalue weighted by atomic mass is 10.1. The summed E-state index contributed by atoms with van der Waals surface area (Å²) >= 11 is 8.54. The predicted octanol–water partition coefficient (Wildman–Crippen LogP) is 3.72. The van der Waals surface area contributed by atoms with Crippen LogP contribution in [0.4, 0.5) is 11.6 Å². The first-order chi connectivity index (χ1) is 12.9. The molecule has 0 saturated carbocycles. The van der Waals surface area contributed by atoms with Gasteiger partial charge in [0.15, 0.2) is 11.0 Å². The minimum absolute atomic E-state index is 0.0352. The Bertz CT molecular complexity index is 917.